The van der Waals surface area contributed by atoms with Gasteiger partial charge in [0.15, 0.2) is 11.5 Å². The minimum atomic E-state index is 0.783. The first kappa shape index (κ1) is 12.2. The van der Waals surface area contributed by atoms with Crippen LogP contribution in [0.4, 0.5) is 5.69 Å². The first-order valence-corrected chi connectivity index (χ1v) is 7.16. The van der Waals surface area contributed by atoms with Crippen LogP contribution in [-0.4, -0.2) is 9.97 Å². The van der Waals surface area contributed by atoms with Gasteiger partial charge in [-0.3, -0.25) is 0 Å². The van der Waals surface area contributed by atoms with Gasteiger partial charge >= 0.3 is 0 Å². The molecule has 0 unspecified atom stereocenters. The molecule has 0 fully saturated rings. The van der Waals surface area contributed by atoms with Crippen molar-refractivity contribution < 1.29 is 4.42 Å². The van der Waals surface area contributed by atoms with Crippen LogP contribution in [0.1, 0.15) is 23.4 Å². The van der Waals surface area contributed by atoms with Crippen molar-refractivity contribution in [3.8, 4) is 0 Å². The van der Waals surface area contributed by atoms with Gasteiger partial charge in [0.2, 0.25) is 0 Å². The van der Waals surface area contributed by atoms with Crippen molar-refractivity contribution in [3.05, 3.63) is 40.2 Å². The van der Waals surface area contributed by atoms with Crippen LogP contribution < -0.4 is 5.32 Å². The van der Waals surface area contributed by atoms with Crippen LogP contribution in [0.3, 0.4) is 0 Å². The van der Waals surface area contributed by atoms with E-state index in [1.165, 1.54) is 4.88 Å². The molecule has 19 heavy (non-hydrogen) atoms. The van der Waals surface area contributed by atoms with Crippen LogP contribution in [-0.2, 0) is 13.0 Å². The first-order valence-electron chi connectivity index (χ1n) is 6.28. The average molecular weight is 273 g/mol. The Morgan fingerprint density at radius 1 is 1.37 bits per heavy atom. The summed E-state index contributed by atoms with van der Waals surface area (Å²) in [5, 5.41) is 3.40. The molecular weight excluding hydrogens is 258 g/mol. The van der Waals surface area contributed by atoms with Gasteiger partial charge in [-0.05, 0) is 25.1 Å². The van der Waals surface area contributed by atoms with E-state index in [4.69, 9.17) is 4.42 Å². The average Bonchev–Trinajstić information content (AvgIpc) is 3.01. The predicted octanol–water partition coefficient (Wildman–Crippen LogP) is 3.77. The minimum Gasteiger partial charge on any atom is -0.441 e. The van der Waals surface area contributed by atoms with Crippen LogP contribution in [0.25, 0.3) is 11.1 Å². The smallest absolute Gasteiger partial charge is 0.195 e. The lowest BCUT2D eigenvalue weighted by atomic mass is 10.3. The number of thiazole rings is 1. The second kappa shape index (κ2) is 5.01. The number of hydrogen-bond donors (Lipinski definition) is 1. The van der Waals surface area contributed by atoms with Crippen LogP contribution >= 0.6 is 11.3 Å². The highest BCUT2D eigenvalue weighted by molar-refractivity contribution is 7.09. The monoisotopic (exact) mass is 273 g/mol. The Balaban J connectivity index is 1.79. The lowest BCUT2D eigenvalue weighted by Crippen LogP contribution is -1.98. The van der Waals surface area contributed by atoms with Gasteiger partial charge in [0, 0.05) is 17.0 Å². The highest BCUT2D eigenvalue weighted by atomic mass is 32.1. The van der Waals surface area contributed by atoms with E-state index in [0.717, 1.165) is 41.3 Å². The van der Waals surface area contributed by atoms with Gasteiger partial charge in [-0.1, -0.05) is 6.92 Å². The van der Waals surface area contributed by atoms with Gasteiger partial charge in [-0.15, -0.1) is 11.3 Å². The Labute approximate surface area is 115 Å². The summed E-state index contributed by atoms with van der Waals surface area (Å²) in [7, 11) is 0. The largest absolute Gasteiger partial charge is 0.441 e. The SMILES string of the molecule is CCc1nc2cc(NCc3scnc3C)ccc2o1. The molecule has 2 heterocycles. The summed E-state index contributed by atoms with van der Waals surface area (Å²) >= 11 is 1.67. The number of benzene rings is 1. The number of aryl methyl sites for hydroxylation is 2. The highest BCUT2D eigenvalue weighted by Gasteiger charge is 2.06. The number of fused-ring (bicyclic) bond motifs is 1. The van der Waals surface area contributed by atoms with Crippen molar-refractivity contribution >= 4 is 28.1 Å². The summed E-state index contributed by atoms with van der Waals surface area (Å²) in [4.78, 5) is 9.94. The Hall–Kier alpha value is -1.88. The number of anilines is 1. The lowest BCUT2D eigenvalue weighted by molar-refractivity contribution is 0.538. The van der Waals surface area contributed by atoms with E-state index in [2.05, 4.69) is 15.3 Å². The highest BCUT2D eigenvalue weighted by Crippen LogP contribution is 2.21. The Kier molecular flexibility index (Phi) is 3.21. The van der Waals surface area contributed by atoms with E-state index in [0.29, 0.717) is 0 Å². The maximum atomic E-state index is 5.59. The molecule has 0 aliphatic rings. The number of rotatable bonds is 4. The lowest BCUT2D eigenvalue weighted by Gasteiger charge is -2.04. The topological polar surface area (TPSA) is 51.0 Å². The maximum Gasteiger partial charge on any atom is 0.195 e. The van der Waals surface area contributed by atoms with E-state index >= 15 is 0 Å². The molecule has 4 nitrogen and oxygen atoms in total. The number of aromatic nitrogens is 2. The third kappa shape index (κ3) is 2.46. The zero-order valence-electron chi connectivity index (χ0n) is 10.9. The number of nitrogens with zero attached hydrogens (tertiary/aromatic N) is 2. The molecule has 0 spiro atoms. The molecular formula is C14H15N3OS. The van der Waals surface area contributed by atoms with Gasteiger partial charge in [0.1, 0.15) is 5.52 Å². The van der Waals surface area contributed by atoms with Crippen LogP contribution in [0, 0.1) is 6.92 Å². The van der Waals surface area contributed by atoms with Crippen molar-refractivity contribution in [2.24, 2.45) is 0 Å². The summed E-state index contributed by atoms with van der Waals surface area (Å²) in [6.07, 6.45) is 0.817. The van der Waals surface area contributed by atoms with Crippen molar-refractivity contribution in [3.63, 3.8) is 0 Å². The molecule has 1 aromatic carbocycles. The standard InChI is InChI=1S/C14H15N3OS/c1-3-14-17-11-6-10(4-5-12(11)18-14)15-7-13-9(2)16-8-19-13/h4-6,8,15H,3,7H2,1-2H3. The minimum absolute atomic E-state index is 0.783. The molecule has 0 radical (unpaired) electrons. The summed E-state index contributed by atoms with van der Waals surface area (Å²) in [6, 6.07) is 6.00. The fourth-order valence-electron chi connectivity index (χ4n) is 1.91. The summed E-state index contributed by atoms with van der Waals surface area (Å²) in [5.74, 6) is 0.783. The molecule has 3 rings (SSSR count). The van der Waals surface area contributed by atoms with Crippen LogP contribution in [0.2, 0.25) is 0 Å². The third-order valence-corrected chi connectivity index (χ3v) is 3.97. The van der Waals surface area contributed by atoms with E-state index in [9.17, 15) is 0 Å². The molecule has 98 valence electrons. The summed E-state index contributed by atoms with van der Waals surface area (Å²) in [5.41, 5.74) is 5.77. The number of oxazole rings is 1. The predicted molar refractivity (Wildman–Crippen MR) is 77.6 cm³/mol. The van der Waals surface area contributed by atoms with Gasteiger partial charge in [-0.25, -0.2) is 9.97 Å². The molecule has 0 atom stereocenters. The summed E-state index contributed by atoms with van der Waals surface area (Å²) < 4.78 is 5.59. The fraction of sp³-hybridized carbons (Fsp3) is 0.286. The van der Waals surface area contributed by atoms with Gasteiger partial charge < -0.3 is 9.73 Å². The van der Waals surface area contributed by atoms with Gasteiger partial charge in [-0.2, -0.15) is 0 Å². The normalized spacial score (nSPS) is 11.1. The molecule has 5 heteroatoms. The quantitative estimate of drug-likeness (QED) is 0.786. The summed E-state index contributed by atoms with van der Waals surface area (Å²) in [6.45, 7) is 4.86. The van der Waals surface area contributed by atoms with E-state index in [-0.39, 0.29) is 0 Å². The van der Waals surface area contributed by atoms with E-state index in [1.807, 2.05) is 37.6 Å². The Bertz CT molecular complexity index is 702. The van der Waals surface area contributed by atoms with Gasteiger partial charge in [0.25, 0.3) is 0 Å². The van der Waals surface area contributed by atoms with Crippen molar-refractivity contribution in [1.82, 2.24) is 9.97 Å². The number of nitrogens with one attached hydrogen (secondary N) is 1. The molecule has 3 aromatic rings. The van der Waals surface area contributed by atoms with Crippen LogP contribution in [0.5, 0.6) is 0 Å². The van der Waals surface area contributed by atoms with Crippen molar-refractivity contribution in [2.75, 3.05) is 5.32 Å². The molecule has 0 saturated carbocycles. The van der Waals surface area contributed by atoms with E-state index < -0.39 is 0 Å². The maximum absolute atomic E-state index is 5.59. The molecule has 0 bridgehead atoms. The zero-order valence-corrected chi connectivity index (χ0v) is 11.8. The Morgan fingerprint density at radius 2 is 2.26 bits per heavy atom. The molecule has 0 aliphatic heterocycles. The van der Waals surface area contributed by atoms with Crippen molar-refractivity contribution in [1.29, 1.82) is 0 Å². The third-order valence-electron chi connectivity index (χ3n) is 3.03. The fourth-order valence-corrected chi connectivity index (χ4v) is 2.63. The van der Waals surface area contributed by atoms with E-state index in [1.54, 1.807) is 11.3 Å². The molecule has 0 saturated heterocycles. The molecule has 2 aromatic heterocycles. The van der Waals surface area contributed by atoms with Crippen molar-refractivity contribution in [2.45, 2.75) is 26.8 Å². The zero-order chi connectivity index (χ0) is 13.2. The second-order valence-electron chi connectivity index (χ2n) is 4.36. The second-order valence-corrected chi connectivity index (χ2v) is 5.30. The first-order chi connectivity index (χ1) is 9.26. The molecule has 1 N–H and O–H groups in total. The molecule has 0 amide bonds. The van der Waals surface area contributed by atoms with Gasteiger partial charge in [0.05, 0.1) is 17.7 Å². The Morgan fingerprint density at radius 3 is 3.00 bits per heavy atom. The number of hydrogen-bond acceptors (Lipinski definition) is 5. The molecule has 0 aliphatic carbocycles. The van der Waals surface area contributed by atoms with Crippen LogP contribution in [0.15, 0.2) is 28.1 Å².